The SMILES string of the molecule is CN(CC(=O)Nc1ccc(Cl)c(Cl)c1)C(=O)c1ccco1. The molecule has 0 saturated heterocycles. The molecule has 2 amide bonds. The van der Waals surface area contributed by atoms with E-state index in [2.05, 4.69) is 5.32 Å². The fourth-order valence-corrected chi connectivity index (χ4v) is 1.95. The summed E-state index contributed by atoms with van der Waals surface area (Å²) in [6.07, 6.45) is 1.40. The van der Waals surface area contributed by atoms with Crippen LogP contribution in [0.5, 0.6) is 0 Å². The van der Waals surface area contributed by atoms with E-state index in [1.54, 1.807) is 18.2 Å². The highest BCUT2D eigenvalue weighted by Crippen LogP contribution is 2.24. The molecule has 1 heterocycles. The maximum absolute atomic E-state index is 11.9. The summed E-state index contributed by atoms with van der Waals surface area (Å²) >= 11 is 11.7. The molecule has 0 aliphatic heterocycles. The van der Waals surface area contributed by atoms with Crippen LogP contribution in [0.1, 0.15) is 10.6 Å². The Morgan fingerprint density at radius 3 is 2.62 bits per heavy atom. The van der Waals surface area contributed by atoms with E-state index in [0.29, 0.717) is 15.7 Å². The van der Waals surface area contributed by atoms with Crippen LogP contribution in [0.3, 0.4) is 0 Å². The van der Waals surface area contributed by atoms with Crippen molar-refractivity contribution in [3.63, 3.8) is 0 Å². The molecule has 21 heavy (non-hydrogen) atoms. The second-order valence-electron chi connectivity index (χ2n) is 4.32. The third-order valence-electron chi connectivity index (χ3n) is 2.66. The zero-order chi connectivity index (χ0) is 15.4. The number of nitrogens with one attached hydrogen (secondary N) is 1. The molecule has 0 bridgehead atoms. The van der Waals surface area contributed by atoms with Crippen molar-refractivity contribution >= 4 is 40.7 Å². The maximum atomic E-state index is 11.9. The molecule has 2 aromatic rings. The molecule has 1 aromatic heterocycles. The van der Waals surface area contributed by atoms with Crippen molar-refractivity contribution < 1.29 is 14.0 Å². The van der Waals surface area contributed by atoms with Crippen molar-refractivity contribution in [2.24, 2.45) is 0 Å². The van der Waals surface area contributed by atoms with E-state index < -0.39 is 0 Å². The summed E-state index contributed by atoms with van der Waals surface area (Å²) in [5, 5.41) is 3.38. The van der Waals surface area contributed by atoms with Crippen LogP contribution in [0.2, 0.25) is 10.0 Å². The molecule has 0 unspecified atom stereocenters. The lowest BCUT2D eigenvalue weighted by atomic mass is 10.3. The molecule has 0 saturated carbocycles. The number of hydrogen-bond acceptors (Lipinski definition) is 3. The molecule has 0 atom stereocenters. The van der Waals surface area contributed by atoms with Gasteiger partial charge in [0.05, 0.1) is 22.9 Å². The van der Waals surface area contributed by atoms with Crippen LogP contribution in [-0.4, -0.2) is 30.3 Å². The Kier molecular flexibility index (Phi) is 4.88. The Balaban J connectivity index is 1.95. The van der Waals surface area contributed by atoms with Gasteiger partial charge in [-0.15, -0.1) is 0 Å². The van der Waals surface area contributed by atoms with Crippen molar-refractivity contribution in [1.82, 2.24) is 4.90 Å². The van der Waals surface area contributed by atoms with Gasteiger partial charge < -0.3 is 14.6 Å². The zero-order valence-corrected chi connectivity index (χ0v) is 12.6. The molecule has 0 spiro atoms. The first-order valence-corrected chi connectivity index (χ1v) is 6.77. The number of carbonyl (C=O) groups is 2. The maximum Gasteiger partial charge on any atom is 0.289 e. The predicted molar refractivity (Wildman–Crippen MR) is 80.8 cm³/mol. The second-order valence-corrected chi connectivity index (χ2v) is 5.13. The molecule has 2 rings (SSSR count). The summed E-state index contributed by atoms with van der Waals surface area (Å²) < 4.78 is 4.99. The van der Waals surface area contributed by atoms with Gasteiger partial charge in [0, 0.05) is 12.7 Å². The van der Waals surface area contributed by atoms with Crippen LogP contribution in [0.15, 0.2) is 41.0 Å². The summed E-state index contributed by atoms with van der Waals surface area (Å²) in [5.74, 6) is -0.542. The van der Waals surface area contributed by atoms with E-state index >= 15 is 0 Å². The van der Waals surface area contributed by atoms with Gasteiger partial charge in [-0.3, -0.25) is 9.59 Å². The van der Waals surface area contributed by atoms with Gasteiger partial charge in [-0.25, -0.2) is 0 Å². The largest absolute Gasteiger partial charge is 0.459 e. The predicted octanol–water partition coefficient (Wildman–Crippen LogP) is 3.30. The highest BCUT2D eigenvalue weighted by Gasteiger charge is 2.17. The molecular weight excluding hydrogens is 315 g/mol. The molecule has 0 fully saturated rings. The van der Waals surface area contributed by atoms with E-state index in [1.807, 2.05) is 0 Å². The first kappa shape index (κ1) is 15.4. The molecule has 1 N–H and O–H groups in total. The Hall–Kier alpha value is -1.98. The minimum Gasteiger partial charge on any atom is -0.459 e. The normalized spacial score (nSPS) is 10.2. The second kappa shape index (κ2) is 6.65. The standard InChI is InChI=1S/C14H12Cl2N2O3/c1-18(14(20)12-3-2-6-21-12)8-13(19)17-9-4-5-10(15)11(16)7-9/h2-7H,8H2,1H3,(H,17,19). The highest BCUT2D eigenvalue weighted by atomic mass is 35.5. The number of carbonyl (C=O) groups excluding carboxylic acids is 2. The van der Waals surface area contributed by atoms with Gasteiger partial charge in [-0.1, -0.05) is 23.2 Å². The van der Waals surface area contributed by atoms with Crippen LogP contribution >= 0.6 is 23.2 Å². The number of nitrogens with zero attached hydrogens (tertiary/aromatic N) is 1. The molecule has 0 aliphatic carbocycles. The van der Waals surface area contributed by atoms with E-state index in [4.69, 9.17) is 27.6 Å². The number of rotatable bonds is 4. The van der Waals surface area contributed by atoms with E-state index in [9.17, 15) is 9.59 Å². The van der Waals surface area contributed by atoms with Gasteiger partial charge in [0.15, 0.2) is 5.76 Å². The number of benzene rings is 1. The van der Waals surface area contributed by atoms with Crippen LogP contribution in [-0.2, 0) is 4.79 Å². The molecule has 5 nitrogen and oxygen atoms in total. The van der Waals surface area contributed by atoms with E-state index in [0.717, 1.165) is 0 Å². The lowest BCUT2D eigenvalue weighted by molar-refractivity contribution is -0.116. The smallest absolute Gasteiger partial charge is 0.289 e. The topological polar surface area (TPSA) is 62.6 Å². The monoisotopic (exact) mass is 326 g/mol. The van der Waals surface area contributed by atoms with Gasteiger partial charge in [0.2, 0.25) is 5.91 Å². The van der Waals surface area contributed by atoms with Gasteiger partial charge in [0.25, 0.3) is 5.91 Å². The van der Waals surface area contributed by atoms with Gasteiger partial charge in [-0.2, -0.15) is 0 Å². The lowest BCUT2D eigenvalue weighted by Gasteiger charge is -2.15. The summed E-state index contributed by atoms with van der Waals surface area (Å²) in [4.78, 5) is 25.0. The highest BCUT2D eigenvalue weighted by molar-refractivity contribution is 6.42. The summed E-state index contributed by atoms with van der Waals surface area (Å²) in [5.41, 5.74) is 0.508. The number of hydrogen-bond donors (Lipinski definition) is 1. The molecule has 7 heteroatoms. The van der Waals surface area contributed by atoms with Crippen molar-refractivity contribution in [1.29, 1.82) is 0 Å². The van der Waals surface area contributed by atoms with Crippen LogP contribution < -0.4 is 5.32 Å². The van der Waals surface area contributed by atoms with Gasteiger partial charge >= 0.3 is 0 Å². The number of likely N-dealkylation sites (N-methyl/N-ethyl adjacent to an activating group) is 1. The number of furan rings is 1. The Morgan fingerprint density at radius 1 is 1.24 bits per heavy atom. The Labute approximate surface area is 131 Å². The summed E-state index contributed by atoms with van der Waals surface area (Å²) in [7, 11) is 1.51. The van der Waals surface area contributed by atoms with Crippen molar-refractivity contribution in [2.75, 3.05) is 18.9 Å². The van der Waals surface area contributed by atoms with Crippen molar-refractivity contribution in [2.45, 2.75) is 0 Å². The summed E-state index contributed by atoms with van der Waals surface area (Å²) in [6.45, 7) is -0.111. The number of anilines is 1. The Morgan fingerprint density at radius 2 is 2.00 bits per heavy atom. The molecule has 0 radical (unpaired) electrons. The minimum absolute atomic E-state index is 0.111. The lowest BCUT2D eigenvalue weighted by Crippen LogP contribution is -2.34. The molecule has 1 aromatic carbocycles. The quantitative estimate of drug-likeness (QED) is 0.937. The zero-order valence-electron chi connectivity index (χ0n) is 11.1. The number of amides is 2. The first-order chi connectivity index (χ1) is 9.97. The van der Waals surface area contributed by atoms with Gasteiger partial charge in [-0.05, 0) is 30.3 Å². The average molecular weight is 327 g/mol. The fourth-order valence-electron chi connectivity index (χ4n) is 1.65. The molecule has 110 valence electrons. The number of halogens is 2. The first-order valence-electron chi connectivity index (χ1n) is 6.01. The minimum atomic E-state index is -0.371. The third-order valence-corrected chi connectivity index (χ3v) is 3.40. The van der Waals surface area contributed by atoms with Crippen molar-refractivity contribution in [3.8, 4) is 0 Å². The van der Waals surface area contributed by atoms with E-state index in [1.165, 1.54) is 30.3 Å². The van der Waals surface area contributed by atoms with Gasteiger partial charge in [0.1, 0.15) is 0 Å². The molecule has 0 aliphatic rings. The van der Waals surface area contributed by atoms with Crippen LogP contribution in [0, 0.1) is 0 Å². The van der Waals surface area contributed by atoms with E-state index in [-0.39, 0.29) is 24.1 Å². The molecular formula is C14H12Cl2N2O3. The summed E-state index contributed by atoms with van der Waals surface area (Å²) in [6, 6.07) is 7.89. The third kappa shape index (κ3) is 4.00. The van der Waals surface area contributed by atoms with Crippen LogP contribution in [0.4, 0.5) is 5.69 Å². The Bertz CT molecular complexity index is 656. The fraction of sp³-hybridized carbons (Fsp3) is 0.143. The average Bonchev–Trinajstić information content (AvgIpc) is 2.96. The van der Waals surface area contributed by atoms with Crippen molar-refractivity contribution in [3.05, 3.63) is 52.4 Å². The van der Waals surface area contributed by atoms with Crippen LogP contribution in [0.25, 0.3) is 0 Å².